The molecule has 0 radical (unpaired) electrons. The van der Waals surface area contributed by atoms with Crippen molar-refractivity contribution in [1.29, 1.82) is 5.26 Å². The molecule has 2 nitrogen and oxygen atoms in total. The van der Waals surface area contributed by atoms with E-state index in [1.165, 1.54) is 25.0 Å². The number of hydrogen-bond donors (Lipinski definition) is 1. The van der Waals surface area contributed by atoms with E-state index >= 15 is 0 Å². The van der Waals surface area contributed by atoms with Gasteiger partial charge >= 0.3 is 0 Å². The van der Waals surface area contributed by atoms with Crippen LogP contribution in [0.15, 0.2) is 0 Å². The fourth-order valence-corrected chi connectivity index (χ4v) is 3.10. The largest absolute Gasteiger partial charge is 0.298 e. The Labute approximate surface area is 85.1 Å². The maximum absolute atomic E-state index is 8.69. The van der Waals surface area contributed by atoms with Crippen molar-refractivity contribution >= 4 is 11.8 Å². The van der Waals surface area contributed by atoms with Crippen LogP contribution in [0.4, 0.5) is 0 Å². The molecule has 3 heteroatoms. The smallest absolute Gasteiger partial charge is 0.0926 e. The van der Waals surface area contributed by atoms with Crippen LogP contribution in [-0.4, -0.2) is 23.1 Å². The molecule has 1 rings (SSSR count). The van der Waals surface area contributed by atoms with Crippen LogP contribution in [0.25, 0.3) is 0 Å². The highest BCUT2D eigenvalue weighted by molar-refractivity contribution is 7.99. The molecule has 0 heterocycles. The van der Waals surface area contributed by atoms with Crippen molar-refractivity contribution < 1.29 is 0 Å². The van der Waals surface area contributed by atoms with Gasteiger partial charge in [0, 0.05) is 11.3 Å². The first-order valence-corrected chi connectivity index (χ1v) is 6.10. The number of nitrogens with zero attached hydrogens (tertiary/aromatic N) is 1. The van der Waals surface area contributed by atoms with Gasteiger partial charge in [0.1, 0.15) is 0 Å². The molecule has 0 saturated heterocycles. The molecule has 1 aliphatic rings. The maximum Gasteiger partial charge on any atom is 0.0926 e. The topological polar surface area (TPSA) is 35.8 Å². The highest BCUT2D eigenvalue weighted by Gasteiger charge is 2.27. The van der Waals surface area contributed by atoms with Crippen molar-refractivity contribution in [2.75, 3.05) is 5.75 Å². The summed E-state index contributed by atoms with van der Waals surface area (Å²) in [5.41, 5.74) is 0. The second-order valence-electron chi connectivity index (χ2n) is 3.55. The Morgan fingerprint density at radius 1 is 1.62 bits per heavy atom. The first-order valence-electron chi connectivity index (χ1n) is 5.05. The number of nitrogens with one attached hydrogen (secondary N) is 1. The number of thioether (sulfide) groups is 1. The minimum absolute atomic E-state index is 0.00283. The normalized spacial score (nSPS) is 29.9. The van der Waals surface area contributed by atoms with E-state index in [-0.39, 0.29) is 6.04 Å². The Hall–Kier alpha value is -0.200. The summed E-state index contributed by atoms with van der Waals surface area (Å²) in [5, 5.41) is 12.8. The third-order valence-corrected chi connectivity index (χ3v) is 3.82. The van der Waals surface area contributed by atoms with Crippen LogP contribution < -0.4 is 5.32 Å². The molecule has 0 bridgehead atoms. The Kier molecular flexibility index (Phi) is 4.61. The van der Waals surface area contributed by atoms with Crippen LogP contribution in [0.3, 0.4) is 0 Å². The summed E-state index contributed by atoms with van der Waals surface area (Å²) in [4.78, 5) is 0. The molecule has 0 amide bonds. The molecule has 0 aromatic carbocycles. The van der Waals surface area contributed by atoms with Gasteiger partial charge in [0.05, 0.1) is 12.1 Å². The quantitative estimate of drug-likeness (QED) is 0.752. The lowest BCUT2D eigenvalue weighted by Gasteiger charge is -2.21. The average molecular weight is 198 g/mol. The molecular weight excluding hydrogens is 180 g/mol. The highest BCUT2D eigenvalue weighted by Crippen LogP contribution is 2.29. The summed E-state index contributed by atoms with van der Waals surface area (Å²) in [6, 6.07) is 2.81. The third-order valence-electron chi connectivity index (χ3n) is 2.49. The minimum atomic E-state index is 0.00283. The van der Waals surface area contributed by atoms with Crippen LogP contribution >= 0.6 is 11.8 Å². The van der Waals surface area contributed by atoms with E-state index in [0.717, 1.165) is 5.25 Å². The monoisotopic (exact) mass is 198 g/mol. The van der Waals surface area contributed by atoms with E-state index in [4.69, 9.17) is 5.26 Å². The lowest BCUT2D eigenvalue weighted by Crippen LogP contribution is -2.39. The van der Waals surface area contributed by atoms with Crippen molar-refractivity contribution in [3.63, 3.8) is 0 Å². The van der Waals surface area contributed by atoms with E-state index in [1.807, 2.05) is 18.7 Å². The van der Waals surface area contributed by atoms with Crippen LogP contribution in [-0.2, 0) is 0 Å². The molecular formula is C10H18N2S. The van der Waals surface area contributed by atoms with Gasteiger partial charge < -0.3 is 0 Å². The summed E-state index contributed by atoms with van der Waals surface area (Å²) in [6.45, 7) is 4.14. The van der Waals surface area contributed by atoms with Gasteiger partial charge in [0.2, 0.25) is 0 Å². The fraction of sp³-hybridized carbons (Fsp3) is 0.900. The third kappa shape index (κ3) is 3.21. The van der Waals surface area contributed by atoms with Gasteiger partial charge in [-0.25, -0.2) is 0 Å². The molecule has 3 unspecified atom stereocenters. The highest BCUT2D eigenvalue weighted by atomic mass is 32.2. The molecule has 74 valence electrons. The minimum Gasteiger partial charge on any atom is -0.298 e. The molecule has 1 aliphatic carbocycles. The predicted molar refractivity (Wildman–Crippen MR) is 57.8 cm³/mol. The molecule has 0 aliphatic heterocycles. The summed E-state index contributed by atoms with van der Waals surface area (Å²) in [6.07, 6.45) is 3.87. The summed E-state index contributed by atoms with van der Waals surface area (Å²) >= 11 is 2.03. The first kappa shape index (κ1) is 10.9. The van der Waals surface area contributed by atoms with Crippen molar-refractivity contribution in [2.45, 2.75) is 50.4 Å². The van der Waals surface area contributed by atoms with E-state index in [1.54, 1.807) is 0 Å². The van der Waals surface area contributed by atoms with Gasteiger partial charge in [-0.2, -0.15) is 17.0 Å². The second-order valence-corrected chi connectivity index (χ2v) is 5.06. The lowest BCUT2D eigenvalue weighted by atomic mass is 10.2. The van der Waals surface area contributed by atoms with Crippen LogP contribution in [0.5, 0.6) is 0 Å². The Morgan fingerprint density at radius 2 is 2.38 bits per heavy atom. The van der Waals surface area contributed by atoms with Crippen LogP contribution in [0.2, 0.25) is 0 Å². The summed E-state index contributed by atoms with van der Waals surface area (Å²) in [5.74, 6) is 1.18. The van der Waals surface area contributed by atoms with Crippen LogP contribution in [0.1, 0.15) is 33.1 Å². The molecule has 1 fully saturated rings. The van der Waals surface area contributed by atoms with Gasteiger partial charge in [-0.05, 0) is 25.5 Å². The van der Waals surface area contributed by atoms with Gasteiger partial charge in [-0.3, -0.25) is 5.32 Å². The number of nitriles is 1. The summed E-state index contributed by atoms with van der Waals surface area (Å²) in [7, 11) is 0. The predicted octanol–water partition coefficient (Wildman–Crippen LogP) is 2.16. The molecule has 1 N–H and O–H groups in total. The van der Waals surface area contributed by atoms with Crippen molar-refractivity contribution in [3.8, 4) is 6.07 Å². The van der Waals surface area contributed by atoms with Crippen LogP contribution in [0, 0.1) is 11.3 Å². The molecule has 1 saturated carbocycles. The molecule has 0 aromatic rings. The Morgan fingerprint density at radius 3 is 3.00 bits per heavy atom. The van der Waals surface area contributed by atoms with Gasteiger partial charge in [-0.15, -0.1) is 0 Å². The zero-order chi connectivity index (χ0) is 9.68. The van der Waals surface area contributed by atoms with E-state index in [0.29, 0.717) is 6.04 Å². The lowest BCUT2D eigenvalue weighted by molar-refractivity contribution is 0.507. The van der Waals surface area contributed by atoms with Gasteiger partial charge in [0.15, 0.2) is 0 Å². The van der Waals surface area contributed by atoms with Crippen molar-refractivity contribution in [1.82, 2.24) is 5.32 Å². The second kappa shape index (κ2) is 5.51. The standard InChI is InChI=1S/C10H18N2S/c1-3-13-10-6-4-5-9(10)12-8(2)7-11/h8-10,12H,3-6H2,1-2H3. The maximum atomic E-state index is 8.69. The van der Waals surface area contributed by atoms with Gasteiger partial charge in [-0.1, -0.05) is 13.3 Å². The van der Waals surface area contributed by atoms with Gasteiger partial charge in [0.25, 0.3) is 0 Å². The van der Waals surface area contributed by atoms with Crippen molar-refractivity contribution in [2.24, 2.45) is 0 Å². The van der Waals surface area contributed by atoms with E-state index < -0.39 is 0 Å². The fourth-order valence-electron chi connectivity index (χ4n) is 1.89. The van der Waals surface area contributed by atoms with E-state index in [2.05, 4.69) is 18.3 Å². The number of hydrogen-bond acceptors (Lipinski definition) is 3. The molecule has 0 aromatic heterocycles. The molecule has 3 atom stereocenters. The SMILES string of the molecule is CCSC1CCCC1NC(C)C#N. The zero-order valence-corrected chi connectivity index (χ0v) is 9.23. The molecule has 0 spiro atoms. The average Bonchev–Trinajstić information content (AvgIpc) is 2.54. The summed E-state index contributed by atoms with van der Waals surface area (Å²) < 4.78 is 0. The zero-order valence-electron chi connectivity index (χ0n) is 8.42. The number of rotatable bonds is 4. The Bertz CT molecular complexity index is 188. The van der Waals surface area contributed by atoms with E-state index in [9.17, 15) is 0 Å². The first-order chi connectivity index (χ1) is 6.27. The molecule has 13 heavy (non-hydrogen) atoms. The van der Waals surface area contributed by atoms with Crippen molar-refractivity contribution in [3.05, 3.63) is 0 Å². The Balaban J connectivity index is 2.35.